The van der Waals surface area contributed by atoms with Crippen molar-refractivity contribution in [2.45, 2.75) is 26.4 Å². The van der Waals surface area contributed by atoms with Gasteiger partial charge in [-0.25, -0.2) is 9.37 Å². The number of hydrogen-bond acceptors (Lipinski definition) is 3. The van der Waals surface area contributed by atoms with Crippen LogP contribution >= 0.6 is 15.9 Å². The summed E-state index contributed by atoms with van der Waals surface area (Å²) in [5.41, 5.74) is 0.878. The van der Waals surface area contributed by atoms with Gasteiger partial charge in [-0.15, -0.1) is 0 Å². The Balaban J connectivity index is 2.13. The molecule has 106 valence electrons. The molecule has 1 aromatic heterocycles. The zero-order chi connectivity index (χ0) is 14.5. The molecule has 0 aliphatic rings. The van der Waals surface area contributed by atoms with Crippen molar-refractivity contribution in [1.29, 1.82) is 0 Å². The number of nitrogens with one attached hydrogen (secondary N) is 1. The summed E-state index contributed by atoms with van der Waals surface area (Å²) in [7, 11) is 0. The summed E-state index contributed by atoms with van der Waals surface area (Å²) in [6, 6.07) is 10.2. The van der Waals surface area contributed by atoms with Gasteiger partial charge < -0.3 is 10.1 Å². The van der Waals surface area contributed by atoms with E-state index >= 15 is 0 Å². The molecule has 2 aromatic rings. The Morgan fingerprint density at radius 2 is 2.10 bits per heavy atom. The Labute approximate surface area is 126 Å². The second-order valence-corrected chi connectivity index (χ2v) is 5.53. The zero-order valence-electron chi connectivity index (χ0n) is 11.4. The number of ether oxygens (including phenoxy) is 1. The van der Waals surface area contributed by atoms with Crippen LogP contribution in [0.15, 0.2) is 40.9 Å². The first kappa shape index (κ1) is 14.9. The third-order valence-electron chi connectivity index (χ3n) is 2.58. The first-order chi connectivity index (χ1) is 9.54. The van der Waals surface area contributed by atoms with Crippen molar-refractivity contribution in [2.75, 3.05) is 0 Å². The van der Waals surface area contributed by atoms with Crippen molar-refractivity contribution >= 4 is 15.9 Å². The Morgan fingerprint density at radius 1 is 1.30 bits per heavy atom. The van der Waals surface area contributed by atoms with Gasteiger partial charge in [0.2, 0.25) is 5.88 Å². The van der Waals surface area contributed by atoms with Gasteiger partial charge in [-0.2, -0.15) is 0 Å². The maximum absolute atomic E-state index is 13.2. The molecular weight excluding hydrogens is 323 g/mol. The third-order valence-corrected chi connectivity index (χ3v) is 3.24. The minimum atomic E-state index is -0.346. The second-order valence-electron chi connectivity index (χ2n) is 4.68. The van der Waals surface area contributed by atoms with Crippen molar-refractivity contribution in [3.63, 3.8) is 0 Å². The highest BCUT2D eigenvalue weighted by Gasteiger charge is 2.06. The molecule has 1 heterocycles. The van der Waals surface area contributed by atoms with E-state index in [1.807, 2.05) is 12.1 Å². The maximum Gasteiger partial charge on any atom is 0.219 e. The van der Waals surface area contributed by atoms with Crippen LogP contribution in [0.2, 0.25) is 0 Å². The Morgan fingerprint density at radius 3 is 2.85 bits per heavy atom. The number of nitrogens with zero attached hydrogens (tertiary/aromatic N) is 1. The molecule has 0 bridgehead atoms. The molecule has 0 unspecified atom stereocenters. The lowest BCUT2D eigenvalue weighted by molar-refractivity contribution is 0.451. The van der Waals surface area contributed by atoms with E-state index in [-0.39, 0.29) is 5.82 Å². The second kappa shape index (κ2) is 6.81. The summed E-state index contributed by atoms with van der Waals surface area (Å²) in [6.07, 6.45) is 0. The summed E-state index contributed by atoms with van der Waals surface area (Å²) in [5.74, 6) is 0.506. The van der Waals surface area contributed by atoms with Crippen LogP contribution in [0.1, 0.15) is 19.5 Å². The van der Waals surface area contributed by atoms with Gasteiger partial charge in [-0.3, -0.25) is 0 Å². The van der Waals surface area contributed by atoms with E-state index in [9.17, 15) is 4.39 Å². The molecule has 0 atom stereocenters. The molecule has 1 N–H and O–H groups in total. The lowest BCUT2D eigenvalue weighted by Crippen LogP contribution is -2.22. The first-order valence-corrected chi connectivity index (χ1v) is 7.16. The number of halogens is 2. The van der Waals surface area contributed by atoms with Gasteiger partial charge >= 0.3 is 0 Å². The molecule has 3 nitrogen and oxygen atoms in total. The van der Waals surface area contributed by atoms with E-state index in [4.69, 9.17) is 4.74 Å². The smallest absolute Gasteiger partial charge is 0.219 e. The van der Waals surface area contributed by atoms with Crippen molar-refractivity contribution < 1.29 is 9.13 Å². The summed E-state index contributed by atoms with van der Waals surface area (Å²) < 4.78 is 19.5. The van der Waals surface area contributed by atoms with Crippen molar-refractivity contribution in [3.05, 3.63) is 52.4 Å². The molecule has 0 aliphatic heterocycles. The van der Waals surface area contributed by atoms with Gasteiger partial charge in [0.1, 0.15) is 11.6 Å². The Bertz CT molecular complexity index is 590. The number of rotatable bonds is 5. The molecule has 1 aromatic carbocycles. The van der Waals surface area contributed by atoms with E-state index < -0.39 is 0 Å². The average Bonchev–Trinajstić information content (AvgIpc) is 2.41. The molecule has 0 aliphatic carbocycles. The first-order valence-electron chi connectivity index (χ1n) is 6.37. The number of pyridine rings is 1. The highest BCUT2D eigenvalue weighted by molar-refractivity contribution is 9.10. The molecular formula is C15H16BrFN2O. The summed E-state index contributed by atoms with van der Waals surface area (Å²) >= 11 is 3.32. The fourth-order valence-corrected chi connectivity index (χ4v) is 1.92. The lowest BCUT2D eigenvalue weighted by atomic mass is 10.3. The maximum atomic E-state index is 13.2. The summed E-state index contributed by atoms with van der Waals surface area (Å²) in [4.78, 5) is 4.38. The monoisotopic (exact) mass is 338 g/mol. The predicted octanol–water partition coefficient (Wildman–Crippen LogP) is 4.27. The molecule has 5 heteroatoms. The van der Waals surface area contributed by atoms with Gasteiger partial charge in [0.25, 0.3) is 0 Å². The highest BCUT2D eigenvalue weighted by Crippen LogP contribution is 2.29. The van der Waals surface area contributed by atoms with Crippen LogP contribution in [0.3, 0.4) is 0 Å². The zero-order valence-corrected chi connectivity index (χ0v) is 12.9. The van der Waals surface area contributed by atoms with E-state index in [0.717, 1.165) is 5.69 Å². The average molecular weight is 339 g/mol. The minimum Gasteiger partial charge on any atom is -0.438 e. The predicted molar refractivity (Wildman–Crippen MR) is 80.4 cm³/mol. The van der Waals surface area contributed by atoms with E-state index in [1.165, 1.54) is 12.1 Å². The van der Waals surface area contributed by atoms with E-state index in [0.29, 0.717) is 28.7 Å². The molecule has 0 radical (unpaired) electrons. The minimum absolute atomic E-state index is 0.346. The topological polar surface area (TPSA) is 34.1 Å². The fourth-order valence-electron chi connectivity index (χ4n) is 1.59. The molecule has 0 saturated heterocycles. The van der Waals surface area contributed by atoms with Crippen LogP contribution in [0.4, 0.5) is 4.39 Å². The third kappa shape index (κ3) is 4.28. The molecule has 0 fully saturated rings. The van der Waals surface area contributed by atoms with Crippen LogP contribution in [-0.4, -0.2) is 11.0 Å². The summed E-state index contributed by atoms with van der Waals surface area (Å²) in [5, 5.41) is 3.29. The highest BCUT2D eigenvalue weighted by atomic mass is 79.9. The number of benzene rings is 1. The van der Waals surface area contributed by atoms with Crippen LogP contribution in [-0.2, 0) is 6.54 Å². The van der Waals surface area contributed by atoms with Crippen LogP contribution in [0.5, 0.6) is 11.6 Å². The van der Waals surface area contributed by atoms with Gasteiger partial charge in [-0.1, -0.05) is 19.9 Å². The number of hydrogen-bond donors (Lipinski definition) is 1. The molecule has 20 heavy (non-hydrogen) atoms. The Kier molecular flexibility index (Phi) is 5.09. The normalized spacial score (nSPS) is 10.8. The van der Waals surface area contributed by atoms with Crippen LogP contribution in [0.25, 0.3) is 0 Å². The Hall–Kier alpha value is -1.46. The van der Waals surface area contributed by atoms with Crippen molar-refractivity contribution in [1.82, 2.24) is 10.3 Å². The van der Waals surface area contributed by atoms with E-state index in [1.54, 1.807) is 12.1 Å². The fraction of sp³-hybridized carbons (Fsp3) is 0.267. The van der Waals surface area contributed by atoms with Crippen molar-refractivity contribution in [3.8, 4) is 11.6 Å². The molecule has 2 rings (SSSR count). The summed E-state index contributed by atoms with van der Waals surface area (Å²) in [6.45, 7) is 4.81. The van der Waals surface area contributed by atoms with E-state index in [2.05, 4.69) is 40.1 Å². The van der Waals surface area contributed by atoms with Gasteiger partial charge in [0, 0.05) is 24.7 Å². The standard InChI is InChI=1S/C15H16BrFN2O/c1-10(2)18-9-12-4-3-5-15(19-12)20-14-8-11(17)6-7-13(14)16/h3-8,10,18H,9H2,1-2H3. The van der Waals surface area contributed by atoms with Gasteiger partial charge in [0.15, 0.2) is 0 Å². The van der Waals surface area contributed by atoms with Crippen LogP contribution < -0.4 is 10.1 Å². The van der Waals surface area contributed by atoms with Gasteiger partial charge in [-0.05, 0) is 34.1 Å². The quantitative estimate of drug-likeness (QED) is 0.883. The van der Waals surface area contributed by atoms with Crippen molar-refractivity contribution in [2.24, 2.45) is 0 Å². The molecule has 0 spiro atoms. The van der Waals surface area contributed by atoms with Gasteiger partial charge in [0.05, 0.1) is 10.2 Å². The molecule has 0 amide bonds. The largest absolute Gasteiger partial charge is 0.438 e. The number of aromatic nitrogens is 1. The molecule has 0 saturated carbocycles. The van der Waals surface area contributed by atoms with Crippen LogP contribution in [0, 0.1) is 5.82 Å². The SMILES string of the molecule is CC(C)NCc1cccc(Oc2cc(F)ccc2Br)n1. The lowest BCUT2D eigenvalue weighted by Gasteiger charge is -2.10.